The van der Waals surface area contributed by atoms with Gasteiger partial charge in [-0.1, -0.05) is 50.1 Å². The van der Waals surface area contributed by atoms with Gasteiger partial charge in [-0.05, 0) is 85.0 Å². The molecule has 4 rings (SSSR count). The molecule has 1 saturated carbocycles. The van der Waals surface area contributed by atoms with E-state index in [1.165, 1.54) is 31.0 Å². The van der Waals surface area contributed by atoms with Gasteiger partial charge in [-0.15, -0.1) is 0 Å². The van der Waals surface area contributed by atoms with Crippen LogP contribution in [0.4, 0.5) is 8.78 Å². The summed E-state index contributed by atoms with van der Waals surface area (Å²) in [7, 11) is 0. The smallest absolute Gasteiger partial charge is 0.278 e. The third-order valence-electron chi connectivity index (χ3n) is 7.52. The minimum atomic E-state index is -0.557. The van der Waals surface area contributed by atoms with Crippen LogP contribution in [0.3, 0.4) is 0 Å². The van der Waals surface area contributed by atoms with Gasteiger partial charge in [-0.3, -0.25) is 4.79 Å². The molecule has 0 unspecified atom stereocenters. The Bertz CT molecular complexity index is 1410. The van der Waals surface area contributed by atoms with Crippen LogP contribution in [0.1, 0.15) is 73.8 Å². The molecule has 3 aromatic rings. The molecule has 1 fully saturated rings. The zero-order valence-corrected chi connectivity index (χ0v) is 23.4. The lowest BCUT2D eigenvalue weighted by Crippen LogP contribution is -2.17. The van der Waals surface area contributed by atoms with E-state index in [0.29, 0.717) is 24.5 Å². The summed E-state index contributed by atoms with van der Waals surface area (Å²) in [4.78, 5) is 21.4. The Morgan fingerprint density at radius 3 is 2.45 bits per heavy atom. The number of nitrogens with two attached hydrogens (primary N) is 1. The second-order valence-electron chi connectivity index (χ2n) is 10.8. The van der Waals surface area contributed by atoms with Crippen molar-refractivity contribution in [3.63, 3.8) is 0 Å². The molecule has 40 heavy (non-hydrogen) atoms. The highest BCUT2D eigenvalue weighted by Gasteiger charge is 2.23. The fourth-order valence-electron chi connectivity index (χ4n) is 5.01. The van der Waals surface area contributed by atoms with Crippen molar-refractivity contribution >= 4 is 11.7 Å². The number of nitrogens with zero attached hydrogens (tertiary/aromatic N) is 2. The van der Waals surface area contributed by atoms with Crippen molar-refractivity contribution in [2.75, 3.05) is 0 Å². The normalized spacial score (nSPS) is 15.1. The number of allylic oxidation sites excluding steroid dienone is 1. The molecule has 0 saturated heterocycles. The summed E-state index contributed by atoms with van der Waals surface area (Å²) in [5.41, 5.74) is 10.9. The second kappa shape index (κ2) is 13.0. The molecule has 0 bridgehead atoms. The molecule has 1 aromatic heterocycles. The van der Waals surface area contributed by atoms with E-state index < -0.39 is 11.9 Å². The number of carbonyl (C=O) groups is 1. The van der Waals surface area contributed by atoms with E-state index >= 15 is 0 Å². The topological polar surface area (TPSA) is 88.6 Å². The highest BCUT2D eigenvalue weighted by Crippen LogP contribution is 2.33. The molecular formula is C33H37F2N3O2. The van der Waals surface area contributed by atoms with E-state index in [-0.39, 0.29) is 41.7 Å². The van der Waals surface area contributed by atoms with E-state index in [2.05, 4.69) is 9.98 Å². The summed E-state index contributed by atoms with van der Waals surface area (Å²) in [5, 5.41) is 11.3. The van der Waals surface area contributed by atoms with Crippen LogP contribution < -0.4 is 5.73 Å². The van der Waals surface area contributed by atoms with Gasteiger partial charge in [0.15, 0.2) is 0 Å². The standard InChI is InChI=1S/C33H37F2N3O2/c1-4-24(26-15-20(2)16-27(34)18-26)19-30(39)29(33(40)38-32(36)14-9-22-5-6-22)17-23-7-10-25(11-8-23)28-12-13-31(35)37-21(28)3/h7-8,10-13,15-16,18,22,24,39H,4-6,9,14,17,19H2,1-3H3,(H2,36,38,40)/b30-29+/t24-/m1/s1. The van der Waals surface area contributed by atoms with Crippen LogP contribution in [-0.4, -0.2) is 21.8 Å². The number of hydrogen-bond acceptors (Lipinski definition) is 3. The molecule has 0 radical (unpaired) electrons. The fraction of sp³-hybridized carbons (Fsp3) is 0.364. The third kappa shape index (κ3) is 7.84. The van der Waals surface area contributed by atoms with Crippen molar-refractivity contribution in [2.24, 2.45) is 16.6 Å². The number of aliphatic hydroxyl groups is 1. The second-order valence-corrected chi connectivity index (χ2v) is 10.8. The lowest BCUT2D eigenvalue weighted by atomic mass is 9.89. The first-order valence-electron chi connectivity index (χ1n) is 13.9. The number of aliphatic imine (C=N–C) groups is 1. The number of aromatic nitrogens is 1. The maximum atomic E-state index is 14.1. The van der Waals surface area contributed by atoms with Gasteiger partial charge in [0.1, 0.15) is 17.4 Å². The first-order chi connectivity index (χ1) is 19.1. The summed E-state index contributed by atoms with van der Waals surface area (Å²) >= 11 is 0. The number of aryl methyl sites for hydroxylation is 2. The van der Waals surface area contributed by atoms with Crippen LogP contribution >= 0.6 is 0 Å². The van der Waals surface area contributed by atoms with Gasteiger partial charge in [0.2, 0.25) is 5.95 Å². The molecule has 7 heteroatoms. The van der Waals surface area contributed by atoms with Crippen molar-refractivity contribution in [1.82, 2.24) is 4.98 Å². The van der Waals surface area contributed by atoms with E-state index in [9.17, 15) is 18.7 Å². The van der Waals surface area contributed by atoms with Gasteiger partial charge >= 0.3 is 0 Å². The van der Waals surface area contributed by atoms with Gasteiger partial charge in [-0.25, -0.2) is 9.37 Å². The summed E-state index contributed by atoms with van der Waals surface area (Å²) in [6, 6.07) is 15.4. The number of amides is 1. The van der Waals surface area contributed by atoms with E-state index in [0.717, 1.165) is 34.2 Å². The largest absolute Gasteiger partial charge is 0.512 e. The van der Waals surface area contributed by atoms with E-state index in [1.807, 2.05) is 44.2 Å². The zero-order valence-electron chi connectivity index (χ0n) is 23.4. The lowest BCUT2D eigenvalue weighted by molar-refractivity contribution is -0.114. The van der Waals surface area contributed by atoms with Crippen molar-refractivity contribution < 1.29 is 18.7 Å². The van der Waals surface area contributed by atoms with Crippen LogP contribution in [0, 0.1) is 31.5 Å². The molecule has 1 amide bonds. The molecule has 3 N–H and O–H groups in total. The Labute approximate surface area is 234 Å². The molecule has 210 valence electrons. The Morgan fingerprint density at radius 1 is 1.10 bits per heavy atom. The third-order valence-corrected chi connectivity index (χ3v) is 7.52. The predicted molar refractivity (Wildman–Crippen MR) is 155 cm³/mol. The Morgan fingerprint density at radius 2 is 1.82 bits per heavy atom. The number of aliphatic hydroxyl groups excluding tert-OH is 1. The number of hydrogen-bond donors (Lipinski definition) is 2. The maximum Gasteiger partial charge on any atom is 0.278 e. The van der Waals surface area contributed by atoms with Crippen LogP contribution in [0.2, 0.25) is 0 Å². The average molecular weight is 546 g/mol. The lowest BCUT2D eigenvalue weighted by Gasteiger charge is -2.18. The van der Waals surface area contributed by atoms with Crippen LogP contribution in [0.15, 0.2) is 70.9 Å². The number of carbonyl (C=O) groups excluding carboxylic acids is 1. The highest BCUT2D eigenvalue weighted by atomic mass is 19.1. The van der Waals surface area contributed by atoms with Crippen LogP contribution in [-0.2, 0) is 11.2 Å². The predicted octanol–water partition coefficient (Wildman–Crippen LogP) is 7.66. The molecule has 0 aliphatic heterocycles. The van der Waals surface area contributed by atoms with Crippen LogP contribution in [0.25, 0.3) is 11.1 Å². The van der Waals surface area contributed by atoms with Gasteiger partial charge < -0.3 is 10.8 Å². The minimum Gasteiger partial charge on any atom is -0.512 e. The van der Waals surface area contributed by atoms with Gasteiger partial charge in [-0.2, -0.15) is 9.38 Å². The van der Waals surface area contributed by atoms with Gasteiger partial charge in [0.25, 0.3) is 5.91 Å². The first kappa shape index (κ1) is 29.1. The molecule has 1 heterocycles. The fourth-order valence-corrected chi connectivity index (χ4v) is 5.01. The average Bonchev–Trinajstić information content (AvgIpc) is 3.73. The number of amidine groups is 1. The summed E-state index contributed by atoms with van der Waals surface area (Å²) in [6.07, 6.45) is 4.82. The molecule has 1 aliphatic rings. The Kier molecular flexibility index (Phi) is 9.46. The van der Waals surface area contributed by atoms with Crippen molar-refractivity contribution in [3.8, 4) is 11.1 Å². The minimum absolute atomic E-state index is 0.0693. The maximum absolute atomic E-state index is 14.1. The van der Waals surface area contributed by atoms with E-state index in [4.69, 9.17) is 5.73 Å². The quantitative estimate of drug-likeness (QED) is 0.0851. The number of benzene rings is 2. The Hall–Kier alpha value is -3.87. The molecule has 1 aliphatic carbocycles. The summed E-state index contributed by atoms with van der Waals surface area (Å²) in [5.74, 6) is -0.732. The van der Waals surface area contributed by atoms with Gasteiger partial charge in [0, 0.05) is 30.5 Å². The molecule has 1 atom stereocenters. The van der Waals surface area contributed by atoms with Crippen molar-refractivity contribution in [2.45, 2.75) is 71.6 Å². The number of pyridine rings is 1. The zero-order chi connectivity index (χ0) is 28.8. The molecular weight excluding hydrogens is 508 g/mol. The monoisotopic (exact) mass is 545 g/mol. The van der Waals surface area contributed by atoms with E-state index in [1.54, 1.807) is 13.0 Å². The van der Waals surface area contributed by atoms with Crippen molar-refractivity contribution in [1.29, 1.82) is 0 Å². The highest BCUT2D eigenvalue weighted by molar-refractivity contribution is 6.02. The Balaban J connectivity index is 1.61. The summed E-state index contributed by atoms with van der Waals surface area (Å²) in [6.45, 7) is 5.55. The van der Waals surface area contributed by atoms with Crippen molar-refractivity contribution in [3.05, 3.63) is 100 Å². The number of rotatable bonds is 11. The molecule has 0 spiro atoms. The molecule has 5 nitrogen and oxygen atoms in total. The molecule has 2 aromatic carbocycles. The number of halogens is 2. The first-order valence-corrected chi connectivity index (χ1v) is 13.9. The van der Waals surface area contributed by atoms with Gasteiger partial charge in [0.05, 0.1) is 5.57 Å². The van der Waals surface area contributed by atoms with Crippen LogP contribution in [0.5, 0.6) is 0 Å². The SMILES string of the molecule is CC[C@H](C/C(O)=C(/Cc1ccc(-c2ccc(F)nc2C)cc1)C(=O)N=C(N)CCC1CC1)c1cc(C)cc(F)c1. The summed E-state index contributed by atoms with van der Waals surface area (Å²) < 4.78 is 27.6.